The number of carbonyl (C=O) groups excluding carboxylic acids is 4. The van der Waals surface area contributed by atoms with Crippen LogP contribution in [-0.2, 0) is 33.5 Å². The zero-order valence-corrected chi connectivity index (χ0v) is 26.1. The number of halogens is 2. The SMILES string of the molecule is COCC1=C(C(=O)OC(c2ccccc2)c2ccccc2)N2C(=O)[C@@H](NC(=O)C(=NOC(=O)C(Cl)Cl)c3ccccc3)[C@@H]2SC1. The van der Waals surface area contributed by atoms with Crippen LogP contribution in [0.3, 0.4) is 0 Å². The molecule has 10 nitrogen and oxygen atoms in total. The molecule has 1 saturated heterocycles. The van der Waals surface area contributed by atoms with Gasteiger partial charge in [-0.05, 0) is 16.7 Å². The Morgan fingerprint density at radius 2 is 1.53 bits per heavy atom. The van der Waals surface area contributed by atoms with Crippen molar-refractivity contribution in [1.82, 2.24) is 10.2 Å². The minimum absolute atomic E-state index is 0.0779. The molecular weight excluding hydrogens is 641 g/mol. The van der Waals surface area contributed by atoms with Crippen molar-refractivity contribution >= 4 is 64.4 Å². The van der Waals surface area contributed by atoms with Crippen LogP contribution in [0.5, 0.6) is 0 Å². The highest BCUT2D eigenvalue weighted by Gasteiger charge is 2.55. The molecule has 0 radical (unpaired) electrons. The van der Waals surface area contributed by atoms with Crippen molar-refractivity contribution in [3.63, 3.8) is 0 Å². The smallest absolute Gasteiger partial charge is 0.367 e. The van der Waals surface area contributed by atoms with Crippen LogP contribution in [0.25, 0.3) is 0 Å². The van der Waals surface area contributed by atoms with E-state index in [2.05, 4.69) is 10.5 Å². The van der Waals surface area contributed by atoms with E-state index in [9.17, 15) is 19.2 Å². The Morgan fingerprint density at radius 1 is 0.956 bits per heavy atom. The number of hydrogen-bond acceptors (Lipinski definition) is 9. The average molecular weight is 669 g/mol. The van der Waals surface area contributed by atoms with Crippen LogP contribution in [0.15, 0.2) is 107 Å². The van der Waals surface area contributed by atoms with Crippen LogP contribution in [0.1, 0.15) is 22.8 Å². The van der Waals surface area contributed by atoms with Crippen LogP contribution in [0, 0.1) is 0 Å². The second kappa shape index (κ2) is 14.7. The molecule has 2 atom stereocenters. The number of benzene rings is 3. The first-order chi connectivity index (χ1) is 21.8. The molecule has 2 heterocycles. The fourth-order valence-corrected chi connectivity index (χ4v) is 6.27. The molecule has 13 heteroatoms. The number of ether oxygens (including phenoxy) is 2. The van der Waals surface area contributed by atoms with E-state index < -0.39 is 46.1 Å². The summed E-state index contributed by atoms with van der Waals surface area (Å²) in [5.74, 6) is -2.72. The number of esters is 1. The third kappa shape index (κ3) is 7.23. The summed E-state index contributed by atoms with van der Waals surface area (Å²) >= 11 is 12.4. The van der Waals surface area contributed by atoms with Gasteiger partial charge in [0.2, 0.25) is 4.84 Å². The molecular formula is C32H27Cl2N3O7S. The predicted molar refractivity (Wildman–Crippen MR) is 169 cm³/mol. The van der Waals surface area contributed by atoms with E-state index in [1.54, 1.807) is 30.3 Å². The number of rotatable bonds is 11. The summed E-state index contributed by atoms with van der Waals surface area (Å²) in [6.45, 7) is 0.102. The molecule has 0 bridgehead atoms. The van der Waals surface area contributed by atoms with Gasteiger partial charge in [0.15, 0.2) is 11.8 Å². The van der Waals surface area contributed by atoms with Gasteiger partial charge >= 0.3 is 11.9 Å². The first kappa shape index (κ1) is 32.2. The van der Waals surface area contributed by atoms with Crippen LogP contribution in [-0.4, -0.2) is 70.1 Å². The van der Waals surface area contributed by atoms with Crippen molar-refractivity contribution in [1.29, 1.82) is 0 Å². The number of hydrogen-bond donors (Lipinski definition) is 1. The molecule has 3 aromatic rings. The van der Waals surface area contributed by atoms with E-state index in [-0.39, 0.29) is 18.0 Å². The van der Waals surface area contributed by atoms with Crippen molar-refractivity contribution in [3.05, 3.63) is 119 Å². The molecule has 5 rings (SSSR count). The summed E-state index contributed by atoms with van der Waals surface area (Å²) in [7, 11) is 1.50. The van der Waals surface area contributed by atoms with Gasteiger partial charge in [0.25, 0.3) is 11.8 Å². The first-order valence-corrected chi connectivity index (χ1v) is 15.6. The predicted octanol–water partition coefficient (Wildman–Crippen LogP) is 4.37. The number of amides is 2. The normalized spacial score (nSPS) is 17.9. The van der Waals surface area contributed by atoms with Gasteiger partial charge in [-0.3, -0.25) is 14.5 Å². The number of nitrogens with one attached hydrogen (secondary N) is 1. The van der Waals surface area contributed by atoms with Gasteiger partial charge in [-0.2, -0.15) is 0 Å². The van der Waals surface area contributed by atoms with E-state index in [0.29, 0.717) is 16.9 Å². The maximum atomic E-state index is 13.9. The maximum absolute atomic E-state index is 13.9. The van der Waals surface area contributed by atoms with Crippen molar-refractivity contribution in [2.45, 2.75) is 22.4 Å². The molecule has 1 N–H and O–H groups in total. The Labute approximate surface area is 273 Å². The average Bonchev–Trinajstić information content (AvgIpc) is 3.07. The second-order valence-corrected chi connectivity index (χ2v) is 12.1. The number of fused-ring (bicyclic) bond motifs is 1. The Hall–Kier alpha value is -4.16. The van der Waals surface area contributed by atoms with Gasteiger partial charge in [-0.15, -0.1) is 11.8 Å². The van der Waals surface area contributed by atoms with Crippen LogP contribution < -0.4 is 5.32 Å². The van der Waals surface area contributed by atoms with Crippen LogP contribution in [0.4, 0.5) is 0 Å². The molecule has 1 fully saturated rings. The summed E-state index contributed by atoms with van der Waals surface area (Å²) < 4.78 is 11.4. The summed E-state index contributed by atoms with van der Waals surface area (Å²) in [6, 6.07) is 25.8. The topological polar surface area (TPSA) is 124 Å². The number of alkyl halides is 2. The molecule has 232 valence electrons. The van der Waals surface area contributed by atoms with Gasteiger partial charge in [-0.25, -0.2) is 9.59 Å². The second-order valence-electron chi connectivity index (χ2n) is 9.87. The number of thioether (sulfide) groups is 1. The molecule has 0 unspecified atom stereocenters. The summed E-state index contributed by atoms with van der Waals surface area (Å²) in [4.78, 5) is 57.3. The third-order valence-electron chi connectivity index (χ3n) is 6.94. The summed E-state index contributed by atoms with van der Waals surface area (Å²) in [6.07, 6.45) is -0.732. The van der Waals surface area contributed by atoms with Crippen molar-refractivity contribution in [2.24, 2.45) is 5.16 Å². The van der Waals surface area contributed by atoms with Crippen molar-refractivity contribution in [2.75, 3.05) is 19.5 Å². The van der Waals surface area contributed by atoms with Gasteiger partial charge < -0.3 is 19.6 Å². The molecule has 2 aliphatic rings. The molecule has 2 amide bonds. The minimum Gasteiger partial charge on any atom is -0.448 e. The maximum Gasteiger partial charge on any atom is 0.367 e. The zero-order valence-electron chi connectivity index (χ0n) is 23.8. The Bertz CT molecular complexity index is 1580. The van der Waals surface area contributed by atoms with Gasteiger partial charge in [0.1, 0.15) is 17.1 Å². The fourth-order valence-electron chi connectivity index (χ4n) is 4.87. The lowest BCUT2D eigenvalue weighted by atomic mass is 10.0. The highest BCUT2D eigenvalue weighted by atomic mass is 35.5. The van der Waals surface area contributed by atoms with E-state index in [4.69, 9.17) is 37.5 Å². The van der Waals surface area contributed by atoms with Gasteiger partial charge in [0, 0.05) is 18.4 Å². The molecule has 0 aliphatic carbocycles. The standard InChI is InChI=1S/C32H27Cl2N3O7S/c1-42-17-22-18-45-30-24(35-28(38)23(19-11-5-2-6-12-19)36-44-32(41)27(33)34)29(39)37(30)25(22)31(40)43-26(20-13-7-3-8-14-20)21-15-9-4-10-16-21/h2-16,24,26-27,30H,17-18H2,1H3,(H,35,38)/t24-,30+/m1/s1. The third-order valence-corrected chi connectivity index (χ3v) is 8.64. The van der Waals surface area contributed by atoms with Crippen LogP contribution in [0.2, 0.25) is 0 Å². The minimum atomic E-state index is -1.51. The molecule has 45 heavy (non-hydrogen) atoms. The Balaban J connectivity index is 1.39. The zero-order chi connectivity index (χ0) is 31.9. The first-order valence-electron chi connectivity index (χ1n) is 13.7. The number of oxime groups is 1. The molecule has 2 aliphatic heterocycles. The van der Waals surface area contributed by atoms with E-state index >= 15 is 0 Å². The quantitative estimate of drug-likeness (QED) is 0.0799. The van der Waals surface area contributed by atoms with E-state index in [1.807, 2.05) is 60.7 Å². The highest BCUT2D eigenvalue weighted by Crippen LogP contribution is 2.41. The number of β-lactam (4-membered cyclic amide) rings is 1. The lowest BCUT2D eigenvalue weighted by Gasteiger charge is -2.49. The summed E-state index contributed by atoms with van der Waals surface area (Å²) in [5, 5.41) is 5.73. The van der Waals surface area contributed by atoms with E-state index in [0.717, 1.165) is 11.1 Å². The molecule has 0 saturated carbocycles. The van der Waals surface area contributed by atoms with Crippen molar-refractivity contribution < 1.29 is 33.5 Å². The molecule has 3 aromatic carbocycles. The lowest BCUT2D eigenvalue weighted by molar-refractivity contribution is -0.154. The number of methoxy groups -OCH3 is 1. The molecule has 0 aromatic heterocycles. The van der Waals surface area contributed by atoms with Gasteiger partial charge in [0.05, 0.1) is 6.61 Å². The highest BCUT2D eigenvalue weighted by molar-refractivity contribution is 8.00. The molecule has 0 spiro atoms. The fraction of sp³-hybridized carbons (Fsp3) is 0.219. The largest absolute Gasteiger partial charge is 0.448 e. The Morgan fingerprint density at radius 3 is 2.09 bits per heavy atom. The monoisotopic (exact) mass is 667 g/mol. The number of nitrogens with zero attached hydrogens (tertiary/aromatic N) is 2. The van der Waals surface area contributed by atoms with Crippen LogP contribution >= 0.6 is 35.0 Å². The summed E-state index contributed by atoms with van der Waals surface area (Å²) in [5.41, 5.74) is 2.23. The Kier molecular flexibility index (Phi) is 10.6. The lowest BCUT2D eigenvalue weighted by Crippen LogP contribution is -2.71. The van der Waals surface area contributed by atoms with Crippen molar-refractivity contribution in [3.8, 4) is 0 Å². The van der Waals surface area contributed by atoms with Gasteiger partial charge in [-0.1, -0.05) is 119 Å². The number of carbonyl (C=O) groups is 4. The van der Waals surface area contributed by atoms with E-state index in [1.165, 1.54) is 23.8 Å².